The van der Waals surface area contributed by atoms with Crippen LogP contribution in [0.5, 0.6) is 0 Å². The molecular formula is C22H20N2O7S. The number of thioether (sulfide) groups is 1. The zero-order valence-electron chi connectivity index (χ0n) is 17.3. The zero-order valence-corrected chi connectivity index (χ0v) is 18.1. The van der Waals surface area contributed by atoms with E-state index in [1.807, 2.05) is 0 Å². The van der Waals surface area contributed by atoms with Crippen LogP contribution in [0.3, 0.4) is 0 Å². The van der Waals surface area contributed by atoms with Crippen LogP contribution in [0.2, 0.25) is 0 Å². The van der Waals surface area contributed by atoms with Crippen LogP contribution >= 0.6 is 11.8 Å². The minimum atomic E-state index is -1.13. The summed E-state index contributed by atoms with van der Waals surface area (Å²) in [5.74, 6) is -3.14. The lowest BCUT2D eigenvalue weighted by molar-refractivity contribution is -0.136. The van der Waals surface area contributed by atoms with Crippen LogP contribution in [0.15, 0.2) is 47.4 Å². The molecule has 3 amide bonds. The van der Waals surface area contributed by atoms with Gasteiger partial charge in [0.15, 0.2) is 6.61 Å². The first kappa shape index (κ1) is 23.0. The lowest BCUT2D eigenvalue weighted by Crippen LogP contribution is -2.26. The molecule has 2 N–H and O–H groups in total. The number of hydrogen-bond donors (Lipinski definition) is 2. The van der Waals surface area contributed by atoms with E-state index in [4.69, 9.17) is 9.84 Å². The maximum absolute atomic E-state index is 12.6. The Morgan fingerprint density at radius 2 is 1.91 bits per heavy atom. The van der Waals surface area contributed by atoms with Crippen molar-refractivity contribution in [2.45, 2.75) is 23.5 Å². The molecule has 1 aliphatic heterocycles. The summed E-state index contributed by atoms with van der Waals surface area (Å²) in [6.45, 7) is 1.12. The largest absolute Gasteiger partial charge is 0.478 e. The van der Waals surface area contributed by atoms with E-state index in [0.29, 0.717) is 16.1 Å². The van der Waals surface area contributed by atoms with Gasteiger partial charge in [0, 0.05) is 24.1 Å². The molecule has 32 heavy (non-hydrogen) atoms. The highest BCUT2D eigenvalue weighted by Gasteiger charge is 2.37. The molecule has 0 aliphatic carbocycles. The third kappa shape index (κ3) is 5.14. The number of ether oxygens (including phenoxy) is 1. The second-order valence-corrected chi connectivity index (χ2v) is 8.30. The topological polar surface area (TPSA) is 130 Å². The Morgan fingerprint density at radius 1 is 1.19 bits per heavy atom. The summed E-state index contributed by atoms with van der Waals surface area (Å²) in [5.41, 5.74) is 1.14. The van der Waals surface area contributed by atoms with Crippen molar-refractivity contribution < 1.29 is 33.8 Å². The summed E-state index contributed by atoms with van der Waals surface area (Å²) < 4.78 is 5.11. The smallest absolute Gasteiger partial charge is 0.339 e. The molecular weight excluding hydrogens is 436 g/mol. The number of carbonyl (C=O) groups is 5. The number of imide groups is 1. The van der Waals surface area contributed by atoms with E-state index < -0.39 is 29.7 Å². The number of aryl methyl sites for hydroxylation is 1. The average Bonchev–Trinajstić information content (AvgIpc) is 3.00. The van der Waals surface area contributed by atoms with Crippen LogP contribution in [0.4, 0.5) is 5.69 Å². The molecule has 9 nitrogen and oxygen atoms in total. The Labute approximate surface area is 187 Å². The van der Waals surface area contributed by atoms with Crippen molar-refractivity contribution in [1.82, 2.24) is 4.90 Å². The van der Waals surface area contributed by atoms with Crippen LogP contribution in [0.1, 0.15) is 32.7 Å². The van der Waals surface area contributed by atoms with Gasteiger partial charge in [0.05, 0.1) is 16.4 Å². The van der Waals surface area contributed by atoms with Crippen molar-refractivity contribution in [1.29, 1.82) is 0 Å². The molecule has 0 radical (unpaired) electrons. The number of hydrogen-bond acceptors (Lipinski definition) is 7. The van der Waals surface area contributed by atoms with Gasteiger partial charge in [0.2, 0.25) is 11.8 Å². The van der Waals surface area contributed by atoms with Crippen LogP contribution < -0.4 is 5.32 Å². The number of esters is 1. The van der Waals surface area contributed by atoms with Gasteiger partial charge in [-0.1, -0.05) is 18.2 Å². The van der Waals surface area contributed by atoms with Gasteiger partial charge in [-0.25, -0.2) is 9.59 Å². The molecule has 1 unspecified atom stereocenters. The Balaban J connectivity index is 1.64. The van der Waals surface area contributed by atoms with Crippen molar-refractivity contribution in [3.63, 3.8) is 0 Å². The maximum Gasteiger partial charge on any atom is 0.339 e. The molecule has 0 spiro atoms. The van der Waals surface area contributed by atoms with Gasteiger partial charge in [0.25, 0.3) is 5.91 Å². The first-order valence-corrected chi connectivity index (χ1v) is 10.4. The minimum Gasteiger partial charge on any atom is -0.478 e. The van der Waals surface area contributed by atoms with Gasteiger partial charge in [-0.15, -0.1) is 11.8 Å². The van der Waals surface area contributed by atoms with E-state index >= 15 is 0 Å². The molecule has 0 aromatic heterocycles. The summed E-state index contributed by atoms with van der Waals surface area (Å²) in [6.07, 6.45) is 0.0422. The number of rotatable bonds is 7. The molecule has 1 atom stereocenters. The summed E-state index contributed by atoms with van der Waals surface area (Å²) in [5, 5.41) is 11.0. The second-order valence-electron chi connectivity index (χ2n) is 7.06. The molecule has 1 aliphatic rings. The third-order valence-electron chi connectivity index (χ3n) is 4.81. The number of carboxylic acids is 1. The molecule has 2 aromatic carbocycles. The molecule has 1 fully saturated rings. The van der Waals surface area contributed by atoms with Gasteiger partial charge >= 0.3 is 11.9 Å². The lowest BCUT2D eigenvalue weighted by atomic mass is 10.1. The van der Waals surface area contributed by atoms with Crippen molar-refractivity contribution >= 4 is 47.1 Å². The fourth-order valence-electron chi connectivity index (χ4n) is 2.99. The van der Waals surface area contributed by atoms with E-state index in [1.54, 1.807) is 31.2 Å². The van der Waals surface area contributed by atoms with Crippen molar-refractivity contribution in [3.8, 4) is 0 Å². The number of nitrogens with zero attached hydrogens (tertiary/aromatic N) is 1. The average molecular weight is 456 g/mol. The minimum absolute atomic E-state index is 0.0134. The predicted molar refractivity (Wildman–Crippen MR) is 116 cm³/mol. The van der Waals surface area contributed by atoms with Gasteiger partial charge < -0.3 is 15.2 Å². The number of nitrogens with one attached hydrogen (secondary N) is 1. The van der Waals surface area contributed by atoms with E-state index in [2.05, 4.69) is 5.32 Å². The zero-order chi connectivity index (χ0) is 23.4. The van der Waals surface area contributed by atoms with Gasteiger partial charge in [-0.05, 0) is 36.8 Å². The first-order valence-electron chi connectivity index (χ1n) is 9.54. The summed E-state index contributed by atoms with van der Waals surface area (Å²) in [7, 11) is 1.41. The fraction of sp³-hybridized carbons (Fsp3) is 0.227. The highest BCUT2D eigenvalue weighted by Crippen LogP contribution is 2.33. The summed E-state index contributed by atoms with van der Waals surface area (Å²) in [4.78, 5) is 61.3. The molecule has 1 heterocycles. The Morgan fingerprint density at radius 3 is 2.56 bits per heavy atom. The molecule has 1 saturated heterocycles. The number of anilines is 1. The third-order valence-corrected chi connectivity index (χ3v) is 6.07. The monoisotopic (exact) mass is 456 g/mol. The highest BCUT2D eigenvalue weighted by atomic mass is 32.2. The van der Waals surface area contributed by atoms with E-state index in [0.717, 1.165) is 16.7 Å². The lowest BCUT2D eigenvalue weighted by Gasteiger charge is -2.13. The van der Waals surface area contributed by atoms with Crippen molar-refractivity contribution in [2.75, 3.05) is 19.0 Å². The van der Waals surface area contributed by atoms with Crippen molar-refractivity contribution in [3.05, 3.63) is 59.2 Å². The fourth-order valence-corrected chi connectivity index (χ4v) is 4.22. The first-order chi connectivity index (χ1) is 15.2. The predicted octanol–water partition coefficient (Wildman–Crippen LogP) is 2.34. The number of amides is 3. The van der Waals surface area contributed by atoms with Crippen LogP contribution in [0.25, 0.3) is 0 Å². The van der Waals surface area contributed by atoms with Crippen LogP contribution in [-0.2, 0) is 19.1 Å². The molecule has 166 valence electrons. The summed E-state index contributed by atoms with van der Waals surface area (Å²) in [6, 6.07) is 10.8. The molecule has 0 bridgehead atoms. The summed E-state index contributed by atoms with van der Waals surface area (Å²) >= 11 is 1.10. The Bertz CT molecular complexity index is 1120. The van der Waals surface area contributed by atoms with Crippen LogP contribution in [0, 0.1) is 6.92 Å². The number of carboxylic acid groups (broad SMARTS) is 1. The number of carbonyl (C=O) groups excluding carboxylic acids is 4. The van der Waals surface area contributed by atoms with Gasteiger partial charge in [-0.2, -0.15) is 0 Å². The maximum atomic E-state index is 12.6. The second kappa shape index (κ2) is 9.65. The SMILES string of the molecule is Cc1ccc(C(=O)O)cc1NC(=O)COC(=O)c1ccccc1SC1CC(=O)N(C)C1=O. The Kier molecular flexibility index (Phi) is 6.94. The van der Waals surface area contributed by atoms with E-state index in [9.17, 15) is 24.0 Å². The van der Waals surface area contributed by atoms with E-state index in [1.165, 1.54) is 25.2 Å². The van der Waals surface area contributed by atoms with E-state index in [-0.39, 0.29) is 29.4 Å². The molecule has 3 rings (SSSR count). The Hall–Kier alpha value is -3.66. The molecule has 10 heteroatoms. The van der Waals surface area contributed by atoms with Gasteiger partial charge in [-0.3, -0.25) is 19.3 Å². The number of benzene rings is 2. The molecule has 0 saturated carbocycles. The van der Waals surface area contributed by atoms with Crippen LogP contribution in [-0.4, -0.2) is 58.6 Å². The number of likely N-dealkylation sites (tertiary alicyclic amines) is 1. The number of aromatic carboxylic acids is 1. The van der Waals surface area contributed by atoms with Gasteiger partial charge in [0.1, 0.15) is 0 Å². The standard InChI is InChI=1S/C22H20N2O7S/c1-12-7-8-13(21(28)29)9-15(12)23-18(25)11-31-22(30)14-5-3-4-6-16(14)32-17-10-19(26)24(2)20(17)27/h3-9,17H,10-11H2,1-2H3,(H,23,25)(H,28,29). The quantitative estimate of drug-likeness (QED) is 0.480. The highest BCUT2D eigenvalue weighted by molar-refractivity contribution is 8.00. The normalized spacial score (nSPS) is 15.6. The molecule has 2 aromatic rings. The van der Waals surface area contributed by atoms with Crippen molar-refractivity contribution in [2.24, 2.45) is 0 Å².